The average Bonchev–Trinajstić information content (AvgIpc) is 2.78. The molecule has 2 atom stereocenters. The molecule has 0 radical (unpaired) electrons. The third kappa shape index (κ3) is 2.51. The molecule has 0 aromatic heterocycles. The van der Waals surface area contributed by atoms with Crippen LogP contribution in [-0.2, 0) is 4.79 Å². The summed E-state index contributed by atoms with van der Waals surface area (Å²) in [6.07, 6.45) is 8.01. The Balaban J connectivity index is 1.83. The Labute approximate surface area is 92.0 Å². The van der Waals surface area contributed by atoms with Crippen LogP contribution in [0.15, 0.2) is 0 Å². The topological polar surface area (TPSA) is 41.1 Å². The molecule has 2 aliphatic rings. The van der Waals surface area contributed by atoms with Crippen molar-refractivity contribution in [3.8, 4) is 0 Å². The highest BCUT2D eigenvalue weighted by molar-refractivity contribution is 5.81. The number of carbonyl (C=O) groups is 1. The first-order valence-electron chi connectivity index (χ1n) is 6.26. The molecule has 0 bridgehead atoms. The summed E-state index contributed by atoms with van der Waals surface area (Å²) < 4.78 is 0. The van der Waals surface area contributed by atoms with E-state index in [1.807, 2.05) is 0 Å². The smallest absolute Gasteiger partial charge is 0.236 e. The molecule has 3 heteroatoms. The fourth-order valence-corrected chi connectivity index (χ4v) is 3.10. The van der Waals surface area contributed by atoms with Crippen molar-refractivity contribution in [2.75, 3.05) is 13.6 Å². The zero-order valence-electron chi connectivity index (χ0n) is 9.59. The van der Waals surface area contributed by atoms with Gasteiger partial charge in [-0.25, -0.2) is 0 Å². The molecule has 86 valence electrons. The Bertz CT molecular complexity index is 224. The normalized spacial score (nSPS) is 32.9. The van der Waals surface area contributed by atoms with Crippen molar-refractivity contribution in [2.45, 2.75) is 44.6 Å². The molecule has 0 spiro atoms. The third-order valence-corrected chi connectivity index (χ3v) is 4.04. The van der Waals surface area contributed by atoms with Crippen LogP contribution in [0.5, 0.6) is 0 Å². The number of hydrogen-bond acceptors (Lipinski definition) is 2. The van der Waals surface area contributed by atoms with Gasteiger partial charge >= 0.3 is 0 Å². The molecule has 0 unspecified atom stereocenters. The fourth-order valence-electron chi connectivity index (χ4n) is 3.10. The molecule has 2 N–H and O–H groups in total. The lowest BCUT2D eigenvalue weighted by molar-refractivity contribution is -0.122. The van der Waals surface area contributed by atoms with Crippen LogP contribution < -0.4 is 10.6 Å². The second-order valence-corrected chi connectivity index (χ2v) is 4.97. The van der Waals surface area contributed by atoms with Crippen LogP contribution in [0.1, 0.15) is 38.5 Å². The molecule has 0 aromatic carbocycles. The zero-order chi connectivity index (χ0) is 10.7. The van der Waals surface area contributed by atoms with Crippen LogP contribution >= 0.6 is 0 Å². The van der Waals surface area contributed by atoms with Crippen LogP contribution in [0, 0.1) is 11.8 Å². The van der Waals surface area contributed by atoms with Crippen LogP contribution in [0.25, 0.3) is 0 Å². The molecule has 0 aromatic rings. The van der Waals surface area contributed by atoms with Gasteiger partial charge < -0.3 is 10.6 Å². The Morgan fingerprint density at radius 2 is 1.93 bits per heavy atom. The fraction of sp³-hybridized carbons (Fsp3) is 0.917. The minimum atomic E-state index is 0.0712. The summed E-state index contributed by atoms with van der Waals surface area (Å²) in [5, 5.41) is 6.07. The summed E-state index contributed by atoms with van der Waals surface area (Å²) in [6, 6.07) is 0.0712. The first-order chi connectivity index (χ1) is 7.31. The molecule has 1 saturated carbocycles. The quantitative estimate of drug-likeness (QED) is 0.721. The molecule has 15 heavy (non-hydrogen) atoms. The second-order valence-electron chi connectivity index (χ2n) is 4.97. The minimum absolute atomic E-state index is 0.0712. The van der Waals surface area contributed by atoms with Gasteiger partial charge in [-0.2, -0.15) is 0 Å². The molecule has 1 aliphatic carbocycles. The van der Waals surface area contributed by atoms with Crippen molar-refractivity contribution in [1.29, 1.82) is 0 Å². The van der Waals surface area contributed by atoms with E-state index in [1.54, 1.807) is 7.05 Å². The van der Waals surface area contributed by atoms with E-state index in [0.717, 1.165) is 24.8 Å². The summed E-state index contributed by atoms with van der Waals surface area (Å²) in [4.78, 5) is 11.5. The van der Waals surface area contributed by atoms with Gasteiger partial charge in [-0.1, -0.05) is 32.1 Å². The lowest BCUT2D eigenvalue weighted by Gasteiger charge is -2.26. The van der Waals surface area contributed by atoms with E-state index >= 15 is 0 Å². The highest BCUT2D eigenvalue weighted by Crippen LogP contribution is 2.34. The van der Waals surface area contributed by atoms with Gasteiger partial charge in [-0.05, 0) is 24.8 Å². The Morgan fingerprint density at radius 3 is 2.60 bits per heavy atom. The maximum Gasteiger partial charge on any atom is 0.236 e. The molecular weight excluding hydrogens is 188 g/mol. The molecule has 1 aliphatic heterocycles. The summed E-state index contributed by atoms with van der Waals surface area (Å²) in [5.41, 5.74) is 0. The van der Waals surface area contributed by atoms with E-state index in [1.165, 1.54) is 32.1 Å². The van der Waals surface area contributed by atoms with Crippen molar-refractivity contribution in [3.63, 3.8) is 0 Å². The van der Waals surface area contributed by atoms with E-state index < -0.39 is 0 Å². The predicted octanol–water partition coefficient (Wildman–Crippen LogP) is 1.29. The Hall–Kier alpha value is -0.570. The van der Waals surface area contributed by atoms with Crippen LogP contribution in [0.3, 0.4) is 0 Å². The van der Waals surface area contributed by atoms with E-state index in [-0.39, 0.29) is 11.9 Å². The van der Waals surface area contributed by atoms with Crippen LogP contribution in [0.4, 0.5) is 0 Å². The number of carbonyl (C=O) groups excluding carboxylic acids is 1. The van der Waals surface area contributed by atoms with Gasteiger partial charge in [0.05, 0.1) is 6.04 Å². The maximum absolute atomic E-state index is 11.5. The highest BCUT2D eigenvalue weighted by Gasteiger charge is 2.33. The van der Waals surface area contributed by atoms with E-state index in [0.29, 0.717) is 0 Å². The van der Waals surface area contributed by atoms with Gasteiger partial charge in [0.15, 0.2) is 0 Å². The monoisotopic (exact) mass is 210 g/mol. The van der Waals surface area contributed by atoms with E-state index in [2.05, 4.69) is 10.6 Å². The summed E-state index contributed by atoms with van der Waals surface area (Å²) in [7, 11) is 1.72. The number of amides is 1. The summed E-state index contributed by atoms with van der Waals surface area (Å²) >= 11 is 0. The van der Waals surface area contributed by atoms with E-state index in [9.17, 15) is 4.79 Å². The van der Waals surface area contributed by atoms with Gasteiger partial charge in [0.1, 0.15) is 0 Å². The van der Waals surface area contributed by atoms with Crippen molar-refractivity contribution < 1.29 is 4.79 Å². The molecule has 1 amide bonds. The number of nitrogens with one attached hydrogen (secondary N) is 2. The summed E-state index contributed by atoms with van der Waals surface area (Å²) in [5.74, 6) is 1.78. The lowest BCUT2D eigenvalue weighted by Crippen LogP contribution is -2.38. The van der Waals surface area contributed by atoms with E-state index in [4.69, 9.17) is 0 Å². The molecular formula is C12H22N2O. The van der Waals surface area contributed by atoms with Gasteiger partial charge in [0, 0.05) is 7.05 Å². The first-order valence-corrected chi connectivity index (χ1v) is 6.26. The summed E-state index contributed by atoms with van der Waals surface area (Å²) in [6.45, 7) is 1.04. The lowest BCUT2D eigenvalue weighted by atomic mass is 9.79. The molecule has 3 nitrogen and oxygen atoms in total. The predicted molar refractivity (Wildman–Crippen MR) is 60.5 cm³/mol. The van der Waals surface area contributed by atoms with Crippen molar-refractivity contribution in [2.24, 2.45) is 11.8 Å². The number of likely N-dealkylation sites (N-methyl/N-ethyl adjacent to an activating group) is 1. The van der Waals surface area contributed by atoms with Gasteiger partial charge in [-0.15, -0.1) is 0 Å². The van der Waals surface area contributed by atoms with Crippen LogP contribution in [-0.4, -0.2) is 25.5 Å². The Morgan fingerprint density at radius 1 is 1.20 bits per heavy atom. The number of hydrogen-bond donors (Lipinski definition) is 2. The molecule has 2 rings (SSSR count). The van der Waals surface area contributed by atoms with Gasteiger partial charge in [-0.3, -0.25) is 4.79 Å². The average molecular weight is 210 g/mol. The third-order valence-electron chi connectivity index (χ3n) is 4.04. The van der Waals surface area contributed by atoms with Gasteiger partial charge in [0.25, 0.3) is 0 Å². The molecule has 1 heterocycles. The molecule has 1 saturated heterocycles. The highest BCUT2D eigenvalue weighted by atomic mass is 16.2. The SMILES string of the molecule is CNC(=O)[C@@H]1C[C@@H](C2CCCCC2)CN1. The van der Waals surface area contributed by atoms with Crippen molar-refractivity contribution in [1.82, 2.24) is 10.6 Å². The Kier molecular flexibility index (Phi) is 3.62. The number of rotatable bonds is 2. The zero-order valence-corrected chi connectivity index (χ0v) is 9.59. The minimum Gasteiger partial charge on any atom is -0.358 e. The van der Waals surface area contributed by atoms with Gasteiger partial charge in [0.2, 0.25) is 5.91 Å². The van der Waals surface area contributed by atoms with Crippen LogP contribution in [0.2, 0.25) is 0 Å². The first kappa shape index (κ1) is 10.9. The van der Waals surface area contributed by atoms with Crippen molar-refractivity contribution >= 4 is 5.91 Å². The maximum atomic E-state index is 11.5. The second kappa shape index (κ2) is 4.97. The standard InChI is InChI=1S/C12H22N2O/c1-13-12(15)11-7-10(8-14-11)9-5-3-2-4-6-9/h9-11,14H,2-8H2,1H3,(H,13,15)/t10-,11+/m1/s1. The van der Waals surface area contributed by atoms with Crippen molar-refractivity contribution in [3.05, 3.63) is 0 Å². The molecule has 2 fully saturated rings. The largest absolute Gasteiger partial charge is 0.358 e.